The van der Waals surface area contributed by atoms with Crippen molar-refractivity contribution in [3.8, 4) is 28.4 Å². The minimum atomic E-state index is -0.348. The lowest BCUT2D eigenvalue weighted by molar-refractivity contribution is 0.262. The quantitative estimate of drug-likeness (QED) is 0.179. The fraction of sp³-hybridized carbons (Fsp3) is 0.222. The molecule has 2 amide bonds. The van der Waals surface area contributed by atoms with Crippen LogP contribution in [0.1, 0.15) is 56.2 Å². The summed E-state index contributed by atoms with van der Waals surface area (Å²) in [5.41, 5.74) is 6.29. The number of nitrogens with one attached hydrogen (secondary N) is 2. The molecule has 5 rings (SSSR count). The van der Waals surface area contributed by atoms with Crippen LogP contribution in [0.3, 0.4) is 0 Å². The van der Waals surface area contributed by atoms with Gasteiger partial charge in [-0.3, -0.25) is 5.32 Å². The number of hydrogen-bond donors (Lipinski definition) is 2. The van der Waals surface area contributed by atoms with Gasteiger partial charge in [-0.05, 0) is 46.7 Å². The molecular weight excluding hydrogens is 556 g/mol. The minimum Gasteiger partial charge on any atom is -0.497 e. The summed E-state index contributed by atoms with van der Waals surface area (Å²) >= 11 is 6.72. The van der Waals surface area contributed by atoms with E-state index in [0.29, 0.717) is 28.9 Å². The molecule has 0 saturated heterocycles. The van der Waals surface area contributed by atoms with E-state index in [-0.39, 0.29) is 17.9 Å². The Kier molecular flexibility index (Phi) is 9.17. The third-order valence-corrected chi connectivity index (χ3v) is 7.80. The minimum absolute atomic E-state index is 0.234. The normalized spacial score (nSPS) is 11.2. The van der Waals surface area contributed by atoms with Gasteiger partial charge in [0.25, 0.3) is 0 Å². The van der Waals surface area contributed by atoms with Crippen LogP contribution in [0.15, 0.2) is 97.1 Å². The third kappa shape index (κ3) is 6.60. The first kappa shape index (κ1) is 29.9. The molecule has 0 atom stereocenters. The van der Waals surface area contributed by atoms with Crippen LogP contribution >= 0.6 is 11.6 Å². The van der Waals surface area contributed by atoms with E-state index in [9.17, 15) is 4.79 Å². The number of aromatic nitrogens is 2. The van der Waals surface area contributed by atoms with E-state index in [2.05, 4.69) is 56.5 Å². The van der Waals surface area contributed by atoms with Crippen molar-refractivity contribution in [2.75, 3.05) is 17.7 Å². The number of halogens is 1. The van der Waals surface area contributed by atoms with E-state index in [1.807, 2.05) is 83.4 Å². The average Bonchev–Trinajstić information content (AvgIpc) is 3.35. The zero-order valence-electron chi connectivity index (χ0n) is 25.2. The summed E-state index contributed by atoms with van der Waals surface area (Å²) in [5.74, 6) is 2.51. The molecule has 0 saturated carbocycles. The second kappa shape index (κ2) is 13.2. The van der Waals surface area contributed by atoms with Crippen molar-refractivity contribution < 1.29 is 9.53 Å². The number of urea groups is 1. The van der Waals surface area contributed by atoms with Crippen LogP contribution in [0.4, 0.5) is 16.3 Å². The molecule has 6 nitrogen and oxygen atoms in total. The zero-order chi connectivity index (χ0) is 30.5. The molecule has 0 fully saturated rings. The molecule has 2 N–H and O–H groups in total. The van der Waals surface area contributed by atoms with Gasteiger partial charge in [0.2, 0.25) is 0 Å². The van der Waals surface area contributed by atoms with E-state index in [4.69, 9.17) is 21.3 Å². The second-order valence-electron chi connectivity index (χ2n) is 11.1. The maximum Gasteiger partial charge on any atom is 0.324 e. The van der Waals surface area contributed by atoms with Gasteiger partial charge in [0.15, 0.2) is 0 Å². The molecule has 1 heterocycles. The van der Waals surface area contributed by atoms with Crippen molar-refractivity contribution >= 4 is 29.1 Å². The maximum atomic E-state index is 13.9. The summed E-state index contributed by atoms with van der Waals surface area (Å²) in [4.78, 5) is 19.0. The summed E-state index contributed by atoms with van der Waals surface area (Å²) < 4.78 is 7.41. The van der Waals surface area contributed by atoms with Crippen molar-refractivity contribution in [2.45, 2.75) is 46.1 Å². The van der Waals surface area contributed by atoms with Crippen molar-refractivity contribution in [1.29, 1.82) is 0 Å². The monoisotopic (exact) mass is 592 g/mol. The summed E-state index contributed by atoms with van der Waals surface area (Å²) in [7, 11) is 1.65. The fourth-order valence-electron chi connectivity index (χ4n) is 5.24. The number of carbonyl (C=O) groups excluding carboxylic acids is 1. The first-order valence-electron chi connectivity index (χ1n) is 14.5. The van der Waals surface area contributed by atoms with Crippen molar-refractivity contribution in [1.82, 2.24) is 9.55 Å². The van der Waals surface area contributed by atoms with Crippen LogP contribution in [0, 0.1) is 0 Å². The number of anilines is 2. The zero-order valence-corrected chi connectivity index (χ0v) is 25.9. The number of benzene rings is 4. The summed E-state index contributed by atoms with van der Waals surface area (Å²) in [5, 5.41) is 6.93. The molecule has 7 heteroatoms. The first-order valence-corrected chi connectivity index (χ1v) is 14.9. The van der Waals surface area contributed by atoms with Gasteiger partial charge in [-0.15, -0.1) is 0 Å². The highest BCUT2D eigenvalue weighted by Crippen LogP contribution is 2.38. The molecule has 4 aromatic carbocycles. The number of para-hydroxylation sites is 1. The Morgan fingerprint density at radius 2 is 1.44 bits per heavy atom. The van der Waals surface area contributed by atoms with Gasteiger partial charge in [-0.25, -0.2) is 9.78 Å². The molecule has 0 unspecified atom stereocenters. The van der Waals surface area contributed by atoms with Gasteiger partial charge >= 0.3 is 6.03 Å². The highest BCUT2D eigenvalue weighted by Gasteiger charge is 2.24. The van der Waals surface area contributed by atoms with E-state index in [1.165, 1.54) is 0 Å². The fourth-order valence-corrected chi connectivity index (χ4v) is 5.47. The lowest BCUT2D eigenvalue weighted by Gasteiger charge is -2.21. The molecule has 43 heavy (non-hydrogen) atoms. The van der Waals surface area contributed by atoms with E-state index in [1.54, 1.807) is 7.11 Å². The number of amides is 2. The number of hydrogen-bond acceptors (Lipinski definition) is 3. The van der Waals surface area contributed by atoms with Crippen LogP contribution in [0.5, 0.6) is 5.75 Å². The van der Waals surface area contributed by atoms with Gasteiger partial charge in [0.05, 0.1) is 18.7 Å². The van der Waals surface area contributed by atoms with Gasteiger partial charge in [-0.1, -0.05) is 118 Å². The van der Waals surface area contributed by atoms with Crippen LogP contribution in [-0.4, -0.2) is 22.7 Å². The Hall–Kier alpha value is -4.55. The average molecular weight is 593 g/mol. The van der Waals surface area contributed by atoms with E-state index < -0.39 is 0 Å². The molecule has 220 valence electrons. The van der Waals surface area contributed by atoms with Crippen molar-refractivity contribution in [3.05, 3.63) is 119 Å². The highest BCUT2D eigenvalue weighted by atomic mass is 35.5. The molecule has 5 aromatic rings. The summed E-state index contributed by atoms with van der Waals surface area (Å²) in [6, 6.07) is 31.3. The molecular formula is C36H37ClN4O2. The number of rotatable bonds is 9. The predicted octanol–water partition coefficient (Wildman–Crippen LogP) is 9.82. The standard InChI is InChI=1S/C36H37ClN4O2/c1-23(2)28-15-11-16-29(24(3)4)32(28)39-36(42)40-35-33(30-14-9-10-17-31(30)37)38-34(26-12-7-6-8-13-26)41(35)22-25-18-20-27(43-5)21-19-25/h6-21,23-24H,22H2,1-5H3,(H2,39,40,42). The largest absolute Gasteiger partial charge is 0.497 e. The number of methoxy groups -OCH3 is 1. The van der Waals surface area contributed by atoms with E-state index in [0.717, 1.165) is 39.3 Å². The van der Waals surface area contributed by atoms with Gasteiger partial charge < -0.3 is 14.6 Å². The second-order valence-corrected chi connectivity index (χ2v) is 11.5. The van der Waals surface area contributed by atoms with E-state index >= 15 is 0 Å². The summed E-state index contributed by atoms with van der Waals surface area (Å²) in [6.45, 7) is 8.99. The van der Waals surface area contributed by atoms with Gasteiger partial charge in [0.1, 0.15) is 23.1 Å². The number of carbonyl (C=O) groups is 1. The molecule has 0 aliphatic rings. The van der Waals surface area contributed by atoms with Gasteiger partial charge in [0, 0.05) is 16.8 Å². The smallest absolute Gasteiger partial charge is 0.324 e. The number of imidazole rings is 1. The van der Waals surface area contributed by atoms with Crippen molar-refractivity contribution in [3.63, 3.8) is 0 Å². The molecule has 0 radical (unpaired) electrons. The summed E-state index contributed by atoms with van der Waals surface area (Å²) in [6.07, 6.45) is 0. The Morgan fingerprint density at radius 3 is 2.05 bits per heavy atom. The Balaban J connectivity index is 1.65. The third-order valence-electron chi connectivity index (χ3n) is 7.47. The van der Waals surface area contributed by atoms with Crippen LogP contribution in [0.25, 0.3) is 22.6 Å². The molecule has 0 spiro atoms. The topological polar surface area (TPSA) is 68.2 Å². The Bertz CT molecular complexity index is 1680. The predicted molar refractivity (Wildman–Crippen MR) is 177 cm³/mol. The van der Waals surface area contributed by atoms with Crippen LogP contribution in [-0.2, 0) is 6.54 Å². The lowest BCUT2D eigenvalue weighted by Crippen LogP contribution is -2.24. The number of ether oxygens (including phenoxy) is 1. The Labute approximate surface area is 258 Å². The highest BCUT2D eigenvalue weighted by molar-refractivity contribution is 6.33. The lowest BCUT2D eigenvalue weighted by atomic mass is 9.93. The first-order chi connectivity index (χ1) is 20.8. The van der Waals surface area contributed by atoms with Crippen LogP contribution in [0.2, 0.25) is 5.02 Å². The molecule has 0 bridgehead atoms. The molecule has 0 aliphatic heterocycles. The number of nitrogens with zero attached hydrogens (tertiary/aromatic N) is 2. The van der Waals surface area contributed by atoms with Crippen molar-refractivity contribution in [2.24, 2.45) is 0 Å². The molecule has 0 aliphatic carbocycles. The SMILES string of the molecule is COc1ccc(Cn2c(-c3ccccc3)nc(-c3ccccc3Cl)c2NC(=O)Nc2c(C(C)C)cccc2C(C)C)cc1. The molecule has 1 aromatic heterocycles. The Morgan fingerprint density at radius 1 is 0.814 bits per heavy atom. The van der Waals surface area contributed by atoms with Gasteiger partial charge in [-0.2, -0.15) is 0 Å². The maximum absolute atomic E-state index is 13.9. The van der Waals surface area contributed by atoms with Crippen LogP contribution < -0.4 is 15.4 Å².